The highest BCUT2D eigenvalue weighted by Crippen LogP contribution is 2.35. The third-order valence-corrected chi connectivity index (χ3v) is 5.99. The molecule has 1 aromatic carbocycles. The van der Waals surface area contributed by atoms with Gasteiger partial charge in [-0.05, 0) is 12.1 Å². The molecule has 31 heavy (non-hydrogen) atoms. The maximum atomic E-state index is 13.1. The first kappa shape index (κ1) is 21.3. The second kappa shape index (κ2) is 9.05. The highest BCUT2D eigenvalue weighted by molar-refractivity contribution is 7.13. The minimum atomic E-state index is -4.52. The van der Waals surface area contributed by atoms with Gasteiger partial charge in [0.1, 0.15) is 16.7 Å². The summed E-state index contributed by atoms with van der Waals surface area (Å²) in [5.41, 5.74) is 0.846. The lowest BCUT2D eigenvalue weighted by atomic mass is 10.1. The number of hydrogen-bond donors (Lipinski definition) is 0. The Morgan fingerprint density at radius 3 is 2.58 bits per heavy atom. The van der Waals surface area contributed by atoms with E-state index in [0.29, 0.717) is 25.9 Å². The molecule has 1 saturated heterocycles. The van der Waals surface area contributed by atoms with Crippen LogP contribution >= 0.6 is 11.3 Å². The van der Waals surface area contributed by atoms with E-state index < -0.39 is 23.7 Å². The quantitative estimate of drug-likeness (QED) is 0.562. The van der Waals surface area contributed by atoms with Crippen LogP contribution in [-0.2, 0) is 17.4 Å². The first-order valence-corrected chi connectivity index (χ1v) is 10.7. The van der Waals surface area contributed by atoms with Gasteiger partial charge in [-0.25, -0.2) is 9.97 Å². The molecule has 0 radical (unpaired) electrons. The van der Waals surface area contributed by atoms with Gasteiger partial charge < -0.3 is 9.64 Å². The Balaban J connectivity index is 1.31. The van der Waals surface area contributed by atoms with E-state index in [0.717, 1.165) is 22.3 Å². The lowest BCUT2D eigenvalue weighted by Crippen LogP contribution is -2.42. The monoisotopic (exact) mass is 447 g/mol. The van der Waals surface area contributed by atoms with Crippen molar-refractivity contribution in [2.75, 3.05) is 13.1 Å². The molecular formula is C22H20F3N3O2S. The smallest absolute Gasteiger partial charge is 0.421 e. The van der Waals surface area contributed by atoms with E-state index in [4.69, 9.17) is 4.74 Å². The number of likely N-dealkylation sites (tertiary alicyclic amines) is 1. The number of benzene rings is 1. The molecule has 3 aromatic rings. The van der Waals surface area contributed by atoms with Crippen LogP contribution in [0.3, 0.4) is 0 Å². The molecule has 0 unspecified atom stereocenters. The Kier molecular flexibility index (Phi) is 6.22. The standard InChI is InChI=1S/C22H20F3N3O2S/c23-22(24,25)18-7-4-10-26-20(18)30-17-8-11-28(12-9-17)19(29)13-16-14-31-21(27-16)15-5-2-1-3-6-15/h1-7,10,14,17H,8-9,11-13H2. The van der Waals surface area contributed by atoms with Crippen molar-refractivity contribution in [3.63, 3.8) is 0 Å². The Hall–Kier alpha value is -2.94. The number of pyridine rings is 1. The summed E-state index contributed by atoms with van der Waals surface area (Å²) in [5.74, 6) is -0.451. The topological polar surface area (TPSA) is 55.3 Å². The molecule has 0 spiro atoms. The summed E-state index contributed by atoms with van der Waals surface area (Å²) in [6.07, 6.45) is -2.55. The highest BCUT2D eigenvalue weighted by Gasteiger charge is 2.36. The van der Waals surface area contributed by atoms with Crippen LogP contribution in [0.25, 0.3) is 10.6 Å². The summed E-state index contributed by atoms with van der Waals surface area (Å²) in [5, 5.41) is 2.75. The molecule has 4 rings (SSSR count). The molecule has 0 atom stereocenters. The highest BCUT2D eigenvalue weighted by atomic mass is 32.1. The third kappa shape index (κ3) is 5.22. The van der Waals surface area contributed by atoms with Crippen molar-refractivity contribution >= 4 is 17.2 Å². The first-order chi connectivity index (χ1) is 14.9. The second-order valence-electron chi connectivity index (χ2n) is 7.24. The summed E-state index contributed by atoms with van der Waals surface area (Å²) < 4.78 is 44.9. The predicted octanol–water partition coefficient (Wildman–Crippen LogP) is 4.84. The molecule has 0 aliphatic carbocycles. The second-order valence-corrected chi connectivity index (χ2v) is 8.10. The molecule has 1 amide bonds. The SMILES string of the molecule is O=C(Cc1csc(-c2ccccc2)n1)N1CCC(Oc2ncccc2C(F)(F)F)CC1. The summed E-state index contributed by atoms with van der Waals surface area (Å²) in [7, 11) is 0. The molecular weight excluding hydrogens is 427 g/mol. The summed E-state index contributed by atoms with van der Waals surface area (Å²) in [6, 6.07) is 12.0. The molecule has 0 bridgehead atoms. The lowest BCUT2D eigenvalue weighted by molar-refractivity contribution is -0.139. The number of amides is 1. The van der Waals surface area contributed by atoms with E-state index in [-0.39, 0.29) is 12.3 Å². The number of ether oxygens (including phenoxy) is 1. The van der Waals surface area contributed by atoms with Crippen molar-refractivity contribution < 1.29 is 22.7 Å². The molecule has 9 heteroatoms. The van der Waals surface area contributed by atoms with Crippen molar-refractivity contribution in [3.05, 3.63) is 65.3 Å². The molecule has 1 aliphatic heterocycles. The van der Waals surface area contributed by atoms with E-state index in [2.05, 4.69) is 9.97 Å². The van der Waals surface area contributed by atoms with E-state index in [1.807, 2.05) is 35.7 Å². The number of alkyl halides is 3. The summed E-state index contributed by atoms with van der Waals surface area (Å²) >= 11 is 1.50. The zero-order chi connectivity index (χ0) is 21.8. The zero-order valence-electron chi connectivity index (χ0n) is 16.5. The van der Waals surface area contributed by atoms with Crippen LogP contribution in [0.5, 0.6) is 5.88 Å². The largest absolute Gasteiger partial charge is 0.474 e. The summed E-state index contributed by atoms with van der Waals surface area (Å²) in [6.45, 7) is 0.848. The van der Waals surface area contributed by atoms with Crippen LogP contribution in [-0.4, -0.2) is 40.0 Å². The zero-order valence-corrected chi connectivity index (χ0v) is 17.3. The third-order valence-electron chi connectivity index (χ3n) is 5.05. The fourth-order valence-electron chi connectivity index (χ4n) is 3.45. The molecule has 2 aromatic heterocycles. The number of carbonyl (C=O) groups excluding carboxylic acids is 1. The van der Waals surface area contributed by atoms with Crippen molar-refractivity contribution in [3.8, 4) is 16.5 Å². The maximum Gasteiger partial charge on any atom is 0.421 e. The van der Waals surface area contributed by atoms with Gasteiger partial charge in [-0.3, -0.25) is 4.79 Å². The van der Waals surface area contributed by atoms with E-state index in [9.17, 15) is 18.0 Å². The average Bonchev–Trinajstić information content (AvgIpc) is 3.23. The number of aromatic nitrogens is 2. The molecule has 5 nitrogen and oxygen atoms in total. The number of thiazole rings is 1. The fraction of sp³-hybridized carbons (Fsp3) is 0.318. The van der Waals surface area contributed by atoms with Gasteiger partial charge in [0.25, 0.3) is 0 Å². The van der Waals surface area contributed by atoms with Gasteiger partial charge in [0.15, 0.2) is 0 Å². The number of halogens is 3. The van der Waals surface area contributed by atoms with Gasteiger partial charge in [-0.2, -0.15) is 13.2 Å². The van der Waals surface area contributed by atoms with Gasteiger partial charge in [-0.1, -0.05) is 30.3 Å². The Morgan fingerprint density at radius 2 is 1.87 bits per heavy atom. The van der Waals surface area contributed by atoms with Gasteiger partial charge >= 0.3 is 6.18 Å². The van der Waals surface area contributed by atoms with Crippen LogP contribution < -0.4 is 4.74 Å². The van der Waals surface area contributed by atoms with Gasteiger partial charge in [-0.15, -0.1) is 11.3 Å². The first-order valence-electron chi connectivity index (χ1n) is 9.86. The Bertz CT molecular complexity index is 1030. The molecule has 3 heterocycles. The Morgan fingerprint density at radius 1 is 1.13 bits per heavy atom. The van der Waals surface area contributed by atoms with E-state index in [1.54, 1.807) is 4.90 Å². The molecule has 1 fully saturated rings. The predicted molar refractivity (Wildman–Crippen MR) is 111 cm³/mol. The molecule has 162 valence electrons. The van der Waals surface area contributed by atoms with Gasteiger partial charge in [0.05, 0.1) is 12.1 Å². The van der Waals surface area contributed by atoms with Crippen LogP contribution in [0.1, 0.15) is 24.1 Å². The molecule has 0 N–H and O–H groups in total. The minimum absolute atomic E-state index is 0.0443. The van der Waals surface area contributed by atoms with Crippen molar-refractivity contribution in [1.29, 1.82) is 0 Å². The fourth-order valence-corrected chi connectivity index (χ4v) is 4.28. The van der Waals surface area contributed by atoms with Gasteiger partial charge in [0, 0.05) is 43.1 Å². The van der Waals surface area contributed by atoms with Crippen LogP contribution in [0, 0.1) is 0 Å². The number of piperidine rings is 1. The lowest BCUT2D eigenvalue weighted by Gasteiger charge is -2.32. The number of nitrogens with zero attached hydrogens (tertiary/aromatic N) is 3. The van der Waals surface area contributed by atoms with Crippen LogP contribution in [0.4, 0.5) is 13.2 Å². The molecule has 0 saturated carbocycles. The maximum absolute atomic E-state index is 13.1. The van der Waals surface area contributed by atoms with Crippen molar-refractivity contribution in [2.45, 2.75) is 31.5 Å². The number of hydrogen-bond acceptors (Lipinski definition) is 5. The van der Waals surface area contributed by atoms with Crippen LogP contribution in [0.2, 0.25) is 0 Å². The molecule has 1 aliphatic rings. The normalized spacial score (nSPS) is 15.1. The summed E-state index contributed by atoms with van der Waals surface area (Å²) in [4.78, 5) is 22.7. The van der Waals surface area contributed by atoms with Crippen molar-refractivity contribution in [1.82, 2.24) is 14.9 Å². The van der Waals surface area contributed by atoms with E-state index >= 15 is 0 Å². The van der Waals surface area contributed by atoms with Gasteiger partial charge in [0.2, 0.25) is 11.8 Å². The minimum Gasteiger partial charge on any atom is -0.474 e. The van der Waals surface area contributed by atoms with Crippen molar-refractivity contribution in [2.24, 2.45) is 0 Å². The number of rotatable bonds is 5. The van der Waals surface area contributed by atoms with E-state index in [1.165, 1.54) is 23.6 Å². The Labute approximate surface area is 181 Å². The average molecular weight is 447 g/mol. The van der Waals surface area contributed by atoms with Crippen LogP contribution in [0.15, 0.2) is 54.0 Å². The number of carbonyl (C=O) groups is 1.